The minimum Gasteiger partial charge on any atom is -0.507 e. The van der Waals surface area contributed by atoms with Gasteiger partial charge in [0.1, 0.15) is 10.4 Å². The molecule has 3 nitrogen and oxygen atoms in total. The lowest BCUT2D eigenvalue weighted by molar-refractivity contribution is 0.465. The molecule has 2 N–H and O–H groups in total. The maximum atomic E-state index is 9.91. The highest BCUT2D eigenvalue weighted by atomic mass is 79.9. The lowest BCUT2D eigenvalue weighted by atomic mass is 10.1. The fourth-order valence-corrected chi connectivity index (χ4v) is 1.93. The molecular weight excluding hydrogens is 292 g/mol. The van der Waals surface area contributed by atoms with E-state index in [9.17, 15) is 5.11 Å². The molecule has 0 bridgehead atoms. The third-order valence-electron chi connectivity index (χ3n) is 2.82. The number of nitrogens with one attached hydrogen (secondary N) is 1. The molecule has 2 rings (SSSR count). The van der Waals surface area contributed by atoms with Gasteiger partial charge in [0, 0.05) is 12.1 Å². The summed E-state index contributed by atoms with van der Waals surface area (Å²) in [5, 5.41) is 13.2. The summed E-state index contributed by atoms with van der Waals surface area (Å²) >= 11 is 3.37. The molecule has 2 aromatic rings. The number of pyridine rings is 1. The van der Waals surface area contributed by atoms with Gasteiger partial charge >= 0.3 is 0 Å². The number of halogens is 1. The third-order valence-corrected chi connectivity index (χ3v) is 3.65. The summed E-state index contributed by atoms with van der Waals surface area (Å²) in [5.74, 6) is 0.354. The molecule has 4 heteroatoms. The van der Waals surface area contributed by atoms with Crippen LogP contribution in [0.15, 0.2) is 35.1 Å². The zero-order chi connectivity index (χ0) is 13.1. The van der Waals surface area contributed by atoms with Crippen molar-refractivity contribution in [2.75, 3.05) is 5.32 Å². The van der Waals surface area contributed by atoms with Gasteiger partial charge in [0.05, 0.1) is 11.9 Å². The van der Waals surface area contributed by atoms with E-state index in [-0.39, 0.29) is 0 Å². The summed E-state index contributed by atoms with van der Waals surface area (Å²) in [6, 6.07) is 7.76. The average Bonchev–Trinajstić information content (AvgIpc) is 2.35. The second-order valence-electron chi connectivity index (χ2n) is 4.27. The summed E-state index contributed by atoms with van der Waals surface area (Å²) in [6.45, 7) is 4.47. The van der Waals surface area contributed by atoms with E-state index in [0.29, 0.717) is 12.3 Å². The van der Waals surface area contributed by atoms with Crippen molar-refractivity contribution in [1.29, 1.82) is 0 Å². The standard InChI is InChI=1S/C14H15BrN2O/c1-9-4-3-5-11(13(9)18)7-16-12-6-10(2)14(15)17-8-12/h3-6,8,16,18H,7H2,1-2H3. The molecule has 0 spiro atoms. The van der Waals surface area contributed by atoms with Crippen LogP contribution < -0.4 is 5.32 Å². The Hall–Kier alpha value is -1.55. The minimum atomic E-state index is 0.354. The van der Waals surface area contributed by atoms with Crippen molar-refractivity contribution in [2.45, 2.75) is 20.4 Å². The van der Waals surface area contributed by atoms with Crippen LogP contribution in [0.25, 0.3) is 0 Å². The Kier molecular flexibility index (Phi) is 3.87. The number of anilines is 1. The van der Waals surface area contributed by atoms with Crippen molar-refractivity contribution in [3.63, 3.8) is 0 Å². The van der Waals surface area contributed by atoms with Gasteiger partial charge in [-0.1, -0.05) is 18.2 Å². The van der Waals surface area contributed by atoms with Gasteiger partial charge < -0.3 is 10.4 Å². The van der Waals surface area contributed by atoms with Crippen LogP contribution in [-0.2, 0) is 6.54 Å². The van der Waals surface area contributed by atoms with Crippen LogP contribution in [0.5, 0.6) is 5.75 Å². The highest BCUT2D eigenvalue weighted by Crippen LogP contribution is 2.23. The number of phenolic OH excluding ortho intramolecular Hbond substituents is 1. The first-order valence-corrected chi connectivity index (χ1v) is 6.50. The Bertz CT molecular complexity index is 570. The maximum absolute atomic E-state index is 9.91. The Labute approximate surface area is 115 Å². The van der Waals surface area contributed by atoms with E-state index < -0.39 is 0 Å². The van der Waals surface area contributed by atoms with Crippen LogP contribution in [0.3, 0.4) is 0 Å². The maximum Gasteiger partial charge on any atom is 0.123 e. The SMILES string of the molecule is Cc1cc(NCc2cccc(C)c2O)cnc1Br. The molecule has 1 aromatic heterocycles. The van der Waals surface area contributed by atoms with Crippen LogP contribution in [0.4, 0.5) is 5.69 Å². The molecule has 0 atom stereocenters. The third kappa shape index (κ3) is 2.82. The molecule has 0 fully saturated rings. The first kappa shape index (κ1) is 12.9. The van der Waals surface area contributed by atoms with Crippen molar-refractivity contribution in [1.82, 2.24) is 4.98 Å². The summed E-state index contributed by atoms with van der Waals surface area (Å²) in [6.07, 6.45) is 1.77. The lowest BCUT2D eigenvalue weighted by Crippen LogP contribution is -2.01. The number of nitrogens with zero attached hydrogens (tertiary/aromatic N) is 1. The van der Waals surface area contributed by atoms with Crippen LogP contribution in [-0.4, -0.2) is 10.1 Å². The van der Waals surface area contributed by atoms with Crippen LogP contribution in [0.1, 0.15) is 16.7 Å². The van der Waals surface area contributed by atoms with E-state index in [0.717, 1.165) is 27.0 Å². The first-order valence-electron chi connectivity index (χ1n) is 5.71. The smallest absolute Gasteiger partial charge is 0.123 e. The molecule has 0 aliphatic heterocycles. The molecule has 0 unspecified atom stereocenters. The summed E-state index contributed by atoms with van der Waals surface area (Å²) in [5.41, 5.74) is 3.79. The second kappa shape index (κ2) is 5.40. The number of rotatable bonds is 3. The quantitative estimate of drug-likeness (QED) is 0.848. The Morgan fingerprint density at radius 2 is 2.06 bits per heavy atom. The van der Waals surface area contributed by atoms with E-state index in [1.807, 2.05) is 38.1 Å². The number of hydrogen-bond donors (Lipinski definition) is 2. The van der Waals surface area contributed by atoms with Crippen LogP contribution in [0.2, 0.25) is 0 Å². The number of para-hydroxylation sites is 1. The Morgan fingerprint density at radius 1 is 1.28 bits per heavy atom. The van der Waals surface area contributed by atoms with Gasteiger partial charge in [-0.15, -0.1) is 0 Å². The van der Waals surface area contributed by atoms with Crippen LogP contribution in [0, 0.1) is 13.8 Å². The topological polar surface area (TPSA) is 45.1 Å². The molecule has 18 heavy (non-hydrogen) atoms. The van der Waals surface area contributed by atoms with E-state index in [2.05, 4.69) is 26.2 Å². The molecule has 0 saturated heterocycles. The normalized spacial score (nSPS) is 10.4. The number of aromatic nitrogens is 1. The predicted molar refractivity (Wildman–Crippen MR) is 76.8 cm³/mol. The van der Waals surface area contributed by atoms with E-state index in [1.165, 1.54) is 0 Å². The Morgan fingerprint density at radius 3 is 2.78 bits per heavy atom. The Balaban J connectivity index is 2.11. The predicted octanol–water partition coefficient (Wildman–Crippen LogP) is 3.78. The van der Waals surface area contributed by atoms with Gasteiger partial charge in [0.25, 0.3) is 0 Å². The van der Waals surface area contributed by atoms with Crippen molar-refractivity contribution in [3.8, 4) is 5.75 Å². The molecule has 94 valence electrons. The van der Waals surface area contributed by atoms with E-state index >= 15 is 0 Å². The van der Waals surface area contributed by atoms with Crippen molar-refractivity contribution < 1.29 is 5.11 Å². The van der Waals surface area contributed by atoms with Gasteiger partial charge in [0.2, 0.25) is 0 Å². The molecule has 1 aromatic carbocycles. The highest BCUT2D eigenvalue weighted by molar-refractivity contribution is 9.10. The monoisotopic (exact) mass is 306 g/mol. The van der Waals surface area contributed by atoms with Crippen molar-refractivity contribution in [2.24, 2.45) is 0 Å². The van der Waals surface area contributed by atoms with Gasteiger partial charge in [0.15, 0.2) is 0 Å². The van der Waals surface area contributed by atoms with E-state index in [1.54, 1.807) is 6.20 Å². The van der Waals surface area contributed by atoms with Gasteiger partial charge in [-0.2, -0.15) is 0 Å². The average molecular weight is 307 g/mol. The van der Waals surface area contributed by atoms with Crippen molar-refractivity contribution >= 4 is 21.6 Å². The number of phenols is 1. The first-order chi connectivity index (χ1) is 8.58. The molecule has 0 aliphatic rings. The minimum absolute atomic E-state index is 0.354. The van der Waals surface area contributed by atoms with Crippen LogP contribution >= 0.6 is 15.9 Å². The number of aryl methyl sites for hydroxylation is 2. The zero-order valence-electron chi connectivity index (χ0n) is 10.4. The fraction of sp³-hybridized carbons (Fsp3) is 0.214. The summed E-state index contributed by atoms with van der Waals surface area (Å²) in [7, 11) is 0. The van der Waals surface area contributed by atoms with Gasteiger partial charge in [-0.3, -0.25) is 0 Å². The summed E-state index contributed by atoms with van der Waals surface area (Å²) < 4.78 is 0.853. The number of hydrogen-bond acceptors (Lipinski definition) is 3. The molecule has 0 radical (unpaired) electrons. The molecule has 0 amide bonds. The summed E-state index contributed by atoms with van der Waals surface area (Å²) in [4.78, 5) is 4.22. The number of benzene rings is 1. The molecular formula is C14H15BrN2O. The molecule has 1 heterocycles. The largest absolute Gasteiger partial charge is 0.507 e. The fourth-order valence-electron chi connectivity index (χ4n) is 1.71. The molecule has 0 aliphatic carbocycles. The molecule has 0 saturated carbocycles. The van der Waals surface area contributed by atoms with E-state index in [4.69, 9.17) is 0 Å². The lowest BCUT2D eigenvalue weighted by Gasteiger charge is -2.10. The number of aromatic hydroxyl groups is 1. The van der Waals surface area contributed by atoms with Gasteiger partial charge in [-0.25, -0.2) is 4.98 Å². The van der Waals surface area contributed by atoms with Crippen molar-refractivity contribution in [3.05, 3.63) is 51.8 Å². The van der Waals surface area contributed by atoms with Gasteiger partial charge in [-0.05, 0) is 47.0 Å². The highest BCUT2D eigenvalue weighted by Gasteiger charge is 2.04. The second-order valence-corrected chi connectivity index (χ2v) is 5.02. The zero-order valence-corrected chi connectivity index (χ0v) is 12.0.